The van der Waals surface area contributed by atoms with Crippen LogP contribution in [0.15, 0.2) is 91.0 Å². The van der Waals surface area contributed by atoms with Crippen molar-refractivity contribution >= 4 is 27.5 Å². The van der Waals surface area contributed by atoms with E-state index in [4.69, 9.17) is 0 Å². The van der Waals surface area contributed by atoms with E-state index in [0.29, 0.717) is 12.1 Å². The third kappa shape index (κ3) is 8.17. The maximum atomic E-state index is 14.0. The predicted molar refractivity (Wildman–Crippen MR) is 155 cm³/mol. The molecule has 1 saturated carbocycles. The number of nitrogens with one attached hydrogen (secondary N) is 1. The van der Waals surface area contributed by atoms with Crippen LogP contribution in [0, 0.1) is 0 Å². The zero-order chi connectivity index (χ0) is 27.7. The van der Waals surface area contributed by atoms with Gasteiger partial charge in [-0.05, 0) is 36.1 Å². The van der Waals surface area contributed by atoms with E-state index in [-0.39, 0.29) is 18.5 Å². The molecule has 1 aliphatic rings. The largest absolute Gasteiger partial charge is 0.352 e. The number of hydrogen-bond donors (Lipinski definition) is 1. The summed E-state index contributed by atoms with van der Waals surface area (Å²) in [5.74, 6) is -0.645. The molecule has 1 atom stereocenters. The number of carbonyl (C=O) groups excluding carboxylic acids is 2. The predicted octanol–water partition coefficient (Wildman–Crippen LogP) is 4.54. The van der Waals surface area contributed by atoms with Crippen LogP contribution < -0.4 is 9.62 Å². The van der Waals surface area contributed by atoms with Gasteiger partial charge in [0.05, 0.1) is 11.9 Å². The van der Waals surface area contributed by atoms with Gasteiger partial charge in [0, 0.05) is 19.0 Å². The highest BCUT2D eigenvalue weighted by molar-refractivity contribution is 7.92. The molecule has 3 aromatic carbocycles. The van der Waals surface area contributed by atoms with Crippen molar-refractivity contribution in [2.45, 2.75) is 57.2 Å². The molecular formula is C31H37N3O4S. The molecule has 8 heteroatoms. The van der Waals surface area contributed by atoms with Gasteiger partial charge in [0.25, 0.3) is 0 Å². The van der Waals surface area contributed by atoms with Crippen LogP contribution in [0.2, 0.25) is 0 Å². The average Bonchev–Trinajstić information content (AvgIpc) is 2.95. The second kappa shape index (κ2) is 13.4. The summed E-state index contributed by atoms with van der Waals surface area (Å²) in [5, 5.41) is 3.21. The summed E-state index contributed by atoms with van der Waals surface area (Å²) < 4.78 is 26.7. The molecule has 3 aromatic rings. The molecule has 0 heterocycles. The lowest BCUT2D eigenvalue weighted by Crippen LogP contribution is -2.55. The average molecular weight is 548 g/mol. The fourth-order valence-electron chi connectivity index (χ4n) is 5.09. The number of hydrogen-bond acceptors (Lipinski definition) is 4. The fraction of sp³-hybridized carbons (Fsp3) is 0.355. The number of nitrogens with zero attached hydrogens (tertiary/aromatic N) is 2. The Kier molecular flexibility index (Phi) is 9.76. The van der Waals surface area contributed by atoms with Gasteiger partial charge in [-0.1, -0.05) is 98.1 Å². The van der Waals surface area contributed by atoms with Crippen molar-refractivity contribution in [2.75, 3.05) is 17.1 Å². The first kappa shape index (κ1) is 28.4. The Morgan fingerprint density at radius 2 is 1.36 bits per heavy atom. The quantitative estimate of drug-likeness (QED) is 0.382. The third-order valence-corrected chi connectivity index (χ3v) is 8.28. The molecule has 0 saturated heterocycles. The first-order valence-corrected chi connectivity index (χ1v) is 15.4. The Morgan fingerprint density at radius 3 is 1.92 bits per heavy atom. The van der Waals surface area contributed by atoms with Crippen LogP contribution in [-0.4, -0.2) is 50.0 Å². The second-order valence-corrected chi connectivity index (χ2v) is 12.1. The minimum absolute atomic E-state index is 0.0787. The van der Waals surface area contributed by atoms with E-state index in [9.17, 15) is 18.0 Å². The molecule has 0 aromatic heterocycles. The zero-order valence-electron chi connectivity index (χ0n) is 22.4. The van der Waals surface area contributed by atoms with E-state index < -0.39 is 28.5 Å². The molecule has 4 rings (SSSR count). The highest BCUT2D eigenvalue weighted by Crippen LogP contribution is 2.22. The molecule has 39 heavy (non-hydrogen) atoms. The van der Waals surface area contributed by atoms with Crippen LogP contribution in [0.5, 0.6) is 0 Å². The molecule has 0 aliphatic heterocycles. The van der Waals surface area contributed by atoms with Crippen LogP contribution >= 0.6 is 0 Å². The van der Waals surface area contributed by atoms with Crippen LogP contribution in [0.25, 0.3) is 0 Å². The highest BCUT2D eigenvalue weighted by atomic mass is 32.2. The fourth-order valence-corrected chi connectivity index (χ4v) is 5.94. The van der Waals surface area contributed by atoms with Crippen LogP contribution in [0.3, 0.4) is 0 Å². The van der Waals surface area contributed by atoms with Crippen LogP contribution in [0.4, 0.5) is 5.69 Å². The number of benzene rings is 3. The molecule has 1 aliphatic carbocycles. The Hall–Kier alpha value is -3.65. The van der Waals surface area contributed by atoms with Gasteiger partial charge in [-0.2, -0.15) is 0 Å². The smallest absolute Gasteiger partial charge is 0.244 e. The lowest BCUT2D eigenvalue weighted by molar-refractivity contribution is -0.140. The van der Waals surface area contributed by atoms with Gasteiger partial charge in [-0.3, -0.25) is 13.9 Å². The first-order valence-electron chi connectivity index (χ1n) is 13.5. The number of amides is 2. The summed E-state index contributed by atoms with van der Waals surface area (Å²) in [7, 11) is -3.76. The summed E-state index contributed by atoms with van der Waals surface area (Å²) in [6, 6.07) is 27.0. The summed E-state index contributed by atoms with van der Waals surface area (Å²) >= 11 is 0. The van der Waals surface area contributed by atoms with E-state index in [2.05, 4.69) is 5.32 Å². The molecule has 0 radical (unpaired) electrons. The van der Waals surface area contributed by atoms with Crippen molar-refractivity contribution in [1.82, 2.24) is 10.2 Å². The lowest BCUT2D eigenvalue weighted by atomic mass is 9.94. The van der Waals surface area contributed by atoms with E-state index in [1.165, 1.54) is 6.42 Å². The molecule has 1 unspecified atom stereocenters. The molecule has 0 bridgehead atoms. The van der Waals surface area contributed by atoms with Crippen molar-refractivity contribution in [3.8, 4) is 0 Å². The second-order valence-electron chi connectivity index (χ2n) is 10.2. The van der Waals surface area contributed by atoms with Crippen LogP contribution in [-0.2, 0) is 32.6 Å². The van der Waals surface area contributed by atoms with Crippen molar-refractivity contribution in [2.24, 2.45) is 0 Å². The summed E-state index contributed by atoms with van der Waals surface area (Å²) in [4.78, 5) is 29.5. The standard InChI is InChI=1S/C31H37N3O4S/c1-39(37,38)34(28-20-12-5-13-21-28)24-30(35)33(23-26-16-8-3-9-17-26)29(22-25-14-6-2-7-15-25)31(36)32-27-18-10-4-11-19-27/h2-3,5-9,12-17,20-21,27,29H,4,10-11,18-19,22-24H2,1H3,(H,32,36). The van der Waals surface area contributed by atoms with E-state index in [0.717, 1.165) is 47.4 Å². The molecular weight excluding hydrogens is 510 g/mol. The molecule has 0 spiro atoms. The molecule has 7 nitrogen and oxygen atoms in total. The molecule has 2 amide bonds. The van der Waals surface area contributed by atoms with E-state index >= 15 is 0 Å². The van der Waals surface area contributed by atoms with Gasteiger partial charge in [0.1, 0.15) is 12.6 Å². The Bertz CT molecular complexity index is 1310. The van der Waals surface area contributed by atoms with Gasteiger partial charge in [0.2, 0.25) is 21.8 Å². The minimum atomic E-state index is -3.76. The monoisotopic (exact) mass is 547 g/mol. The Morgan fingerprint density at radius 1 is 0.821 bits per heavy atom. The van der Waals surface area contributed by atoms with Gasteiger partial charge in [0.15, 0.2) is 0 Å². The summed E-state index contributed by atoms with van der Waals surface area (Å²) in [6.07, 6.45) is 6.56. The summed E-state index contributed by atoms with van der Waals surface area (Å²) in [6.45, 7) is -0.223. The summed E-state index contributed by atoms with van der Waals surface area (Å²) in [5.41, 5.74) is 2.19. The number of para-hydroxylation sites is 1. The SMILES string of the molecule is CS(=O)(=O)N(CC(=O)N(Cc1ccccc1)C(Cc1ccccc1)C(=O)NC1CCCCC1)c1ccccc1. The van der Waals surface area contributed by atoms with E-state index in [1.54, 1.807) is 35.2 Å². The van der Waals surface area contributed by atoms with Crippen molar-refractivity contribution in [3.05, 3.63) is 102 Å². The number of carbonyl (C=O) groups is 2. The molecule has 1 N–H and O–H groups in total. The normalized spacial score (nSPS) is 14.8. The Labute approximate surface area is 231 Å². The van der Waals surface area contributed by atoms with Crippen LogP contribution in [0.1, 0.15) is 43.2 Å². The molecule has 1 fully saturated rings. The molecule has 206 valence electrons. The number of sulfonamides is 1. The number of anilines is 1. The maximum Gasteiger partial charge on any atom is 0.244 e. The topological polar surface area (TPSA) is 86.8 Å². The first-order chi connectivity index (χ1) is 18.8. The van der Waals surface area contributed by atoms with Gasteiger partial charge < -0.3 is 10.2 Å². The lowest BCUT2D eigenvalue weighted by Gasteiger charge is -2.35. The minimum Gasteiger partial charge on any atom is -0.352 e. The van der Waals surface area contributed by atoms with Gasteiger partial charge in [-0.25, -0.2) is 8.42 Å². The van der Waals surface area contributed by atoms with Crippen molar-refractivity contribution in [3.63, 3.8) is 0 Å². The maximum absolute atomic E-state index is 14.0. The highest BCUT2D eigenvalue weighted by Gasteiger charge is 2.34. The van der Waals surface area contributed by atoms with Gasteiger partial charge >= 0.3 is 0 Å². The Balaban J connectivity index is 1.69. The van der Waals surface area contributed by atoms with E-state index in [1.807, 2.05) is 60.7 Å². The van der Waals surface area contributed by atoms with Crippen molar-refractivity contribution in [1.29, 1.82) is 0 Å². The zero-order valence-corrected chi connectivity index (χ0v) is 23.2. The number of rotatable bonds is 11. The van der Waals surface area contributed by atoms with Crippen molar-refractivity contribution < 1.29 is 18.0 Å². The third-order valence-electron chi connectivity index (χ3n) is 7.14. The van der Waals surface area contributed by atoms with Gasteiger partial charge in [-0.15, -0.1) is 0 Å².